The van der Waals surface area contributed by atoms with E-state index in [1.165, 1.54) is 0 Å². The normalized spacial score (nSPS) is 23.9. The number of halogens is 5. The molecule has 1 heterocycles. The van der Waals surface area contributed by atoms with E-state index in [9.17, 15) is 22.0 Å². The molecule has 0 saturated heterocycles. The lowest BCUT2D eigenvalue weighted by Gasteiger charge is -2.26. The van der Waals surface area contributed by atoms with Gasteiger partial charge in [0.05, 0.1) is 0 Å². The third kappa shape index (κ3) is 1.55. The van der Waals surface area contributed by atoms with Gasteiger partial charge in [-0.3, -0.25) is 4.90 Å². The van der Waals surface area contributed by atoms with Crippen molar-refractivity contribution in [1.29, 1.82) is 0 Å². The van der Waals surface area contributed by atoms with E-state index in [0.717, 1.165) is 0 Å². The smallest absolute Gasteiger partial charge is 0.266 e. The summed E-state index contributed by atoms with van der Waals surface area (Å²) in [6.07, 6.45) is -1.09. The first-order valence-electron chi connectivity index (χ1n) is 4.11. The topological polar surface area (TPSA) is 15.6 Å². The molecule has 0 aromatic heterocycles. The Hall–Kier alpha value is -0.880. The van der Waals surface area contributed by atoms with Crippen molar-refractivity contribution in [3.05, 3.63) is 0 Å². The quantitative estimate of drug-likeness (QED) is 0.523. The summed E-state index contributed by atoms with van der Waals surface area (Å²) < 4.78 is 63.0. The van der Waals surface area contributed by atoms with Crippen LogP contribution in [0.5, 0.6) is 0 Å². The number of nitrogens with zero attached hydrogens (tertiary/aromatic N) is 2. The van der Waals surface area contributed by atoms with Crippen LogP contribution < -0.4 is 0 Å². The summed E-state index contributed by atoms with van der Waals surface area (Å²) in [5.41, 5.74) is 0. The summed E-state index contributed by atoms with van der Waals surface area (Å²) in [7, 11) is 0. The highest BCUT2D eigenvalue weighted by molar-refractivity contribution is 5.75. The predicted molar refractivity (Wildman–Crippen MR) is 40.1 cm³/mol. The standard InChI is InChI=1S/C7H9F5N2/c1-2-3-4-14-5(8)13-6(9,10)7(14,11)12/h2-4H2,1H3. The summed E-state index contributed by atoms with van der Waals surface area (Å²) in [4.78, 5) is 1.71. The van der Waals surface area contributed by atoms with Gasteiger partial charge >= 0.3 is 12.1 Å². The Balaban J connectivity index is 2.82. The first-order chi connectivity index (χ1) is 6.33. The Morgan fingerprint density at radius 2 is 1.86 bits per heavy atom. The molecule has 7 heteroatoms. The lowest BCUT2D eigenvalue weighted by molar-refractivity contribution is -0.248. The van der Waals surface area contributed by atoms with Gasteiger partial charge in [-0.25, -0.2) is 0 Å². The predicted octanol–water partition coefficient (Wildman–Crippen LogP) is 2.61. The number of unbranched alkanes of at least 4 members (excludes halogenated alkanes) is 1. The highest BCUT2D eigenvalue weighted by Crippen LogP contribution is 2.43. The third-order valence-electron chi connectivity index (χ3n) is 1.89. The molecule has 0 bridgehead atoms. The van der Waals surface area contributed by atoms with Crippen molar-refractivity contribution in [2.75, 3.05) is 6.54 Å². The zero-order chi connectivity index (χ0) is 11.0. The highest BCUT2D eigenvalue weighted by Gasteiger charge is 2.66. The molecule has 0 spiro atoms. The van der Waals surface area contributed by atoms with Gasteiger partial charge in [0.25, 0.3) is 6.09 Å². The van der Waals surface area contributed by atoms with Crippen molar-refractivity contribution in [1.82, 2.24) is 4.90 Å². The van der Waals surface area contributed by atoms with E-state index in [2.05, 4.69) is 0 Å². The molecule has 0 unspecified atom stereocenters. The summed E-state index contributed by atoms with van der Waals surface area (Å²) in [6, 6.07) is -9.21. The van der Waals surface area contributed by atoms with Crippen molar-refractivity contribution < 1.29 is 22.0 Å². The molecule has 0 aromatic rings. The van der Waals surface area contributed by atoms with Crippen molar-refractivity contribution in [3.8, 4) is 0 Å². The van der Waals surface area contributed by atoms with E-state index in [0.29, 0.717) is 6.42 Å². The number of hydrogen-bond donors (Lipinski definition) is 0. The molecule has 0 radical (unpaired) electrons. The maximum absolute atomic E-state index is 12.8. The molecule has 14 heavy (non-hydrogen) atoms. The van der Waals surface area contributed by atoms with Crippen LogP contribution in [0.25, 0.3) is 0 Å². The van der Waals surface area contributed by atoms with E-state index in [-0.39, 0.29) is 11.3 Å². The molecule has 0 atom stereocenters. The fourth-order valence-corrected chi connectivity index (χ4v) is 1.07. The van der Waals surface area contributed by atoms with Crippen LogP contribution in [-0.2, 0) is 0 Å². The van der Waals surface area contributed by atoms with E-state index in [4.69, 9.17) is 0 Å². The number of aliphatic imine (C=N–C) groups is 1. The maximum Gasteiger partial charge on any atom is 0.429 e. The molecule has 0 amide bonds. The van der Waals surface area contributed by atoms with Crippen molar-refractivity contribution >= 4 is 6.09 Å². The van der Waals surface area contributed by atoms with Crippen LogP contribution in [0.3, 0.4) is 0 Å². The Morgan fingerprint density at radius 1 is 1.29 bits per heavy atom. The largest absolute Gasteiger partial charge is 0.429 e. The molecule has 0 fully saturated rings. The summed E-state index contributed by atoms with van der Waals surface area (Å²) in [6.45, 7) is 1.22. The first-order valence-corrected chi connectivity index (χ1v) is 4.11. The highest BCUT2D eigenvalue weighted by atomic mass is 19.3. The Morgan fingerprint density at radius 3 is 2.21 bits per heavy atom. The van der Waals surface area contributed by atoms with Crippen LogP contribution >= 0.6 is 0 Å². The van der Waals surface area contributed by atoms with Crippen LogP contribution in [0, 0.1) is 0 Å². The Kier molecular flexibility index (Phi) is 2.69. The zero-order valence-corrected chi connectivity index (χ0v) is 7.41. The molecule has 2 nitrogen and oxygen atoms in total. The van der Waals surface area contributed by atoms with Crippen molar-refractivity contribution in [2.24, 2.45) is 4.99 Å². The van der Waals surface area contributed by atoms with Crippen LogP contribution in [0.15, 0.2) is 4.99 Å². The van der Waals surface area contributed by atoms with Gasteiger partial charge in [-0.15, -0.1) is 0 Å². The van der Waals surface area contributed by atoms with Gasteiger partial charge in [0.2, 0.25) is 0 Å². The van der Waals surface area contributed by atoms with Gasteiger partial charge < -0.3 is 0 Å². The average molecular weight is 216 g/mol. The average Bonchev–Trinajstić information content (AvgIpc) is 2.16. The monoisotopic (exact) mass is 216 g/mol. The number of amidine groups is 1. The van der Waals surface area contributed by atoms with E-state index in [1.807, 2.05) is 4.99 Å². The van der Waals surface area contributed by atoms with E-state index >= 15 is 0 Å². The van der Waals surface area contributed by atoms with Gasteiger partial charge in [0.1, 0.15) is 0 Å². The second kappa shape index (κ2) is 3.36. The molecule has 0 aliphatic carbocycles. The number of rotatable bonds is 3. The second-order valence-electron chi connectivity index (χ2n) is 2.97. The van der Waals surface area contributed by atoms with Crippen LogP contribution in [-0.4, -0.2) is 29.6 Å². The van der Waals surface area contributed by atoms with Gasteiger partial charge in [0.15, 0.2) is 0 Å². The zero-order valence-electron chi connectivity index (χ0n) is 7.41. The van der Waals surface area contributed by atoms with E-state index in [1.54, 1.807) is 6.92 Å². The van der Waals surface area contributed by atoms with Gasteiger partial charge in [-0.1, -0.05) is 13.3 Å². The van der Waals surface area contributed by atoms with Crippen molar-refractivity contribution in [3.63, 3.8) is 0 Å². The molecular weight excluding hydrogens is 207 g/mol. The molecular formula is C7H9F5N2. The van der Waals surface area contributed by atoms with Crippen molar-refractivity contribution in [2.45, 2.75) is 31.9 Å². The lowest BCUT2D eigenvalue weighted by Crippen LogP contribution is -2.49. The summed E-state index contributed by atoms with van der Waals surface area (Å²) in [5, 5.41) is 0. The molecule has 0 aromatic carbocycles. The van der Waals surface area contributed by atoms with Crippen LogP contribution in [0.2, 0.25) is 0 Å². The first kappa shape index (κ1) is 11.2. The molecule has 0 saturated carbocycles. The van der Waals surface area contributed by atoms with Gasteiger partial charge in [-0.05, 0) is 6.42 Å². The SMILES string of the molecule is CCCCN1C(F)=NC(F)(F)C1(F)F. The molecule has 0 N–H and O–H groups in total. The van der Waals surface area contributed by atoms with Gasteiger partial charge in [-0.2, -0.15) is 26.9 Å². The minimum Gasteiger partial charge on any atom is -0.266 e. The minimum absolute atomic E-state index is 0.203. The van der Waals surface area contributed by atoms with E-state index < -0.39 is 24.7 Å². The van der Waals surface area contributed by atoms with Gasteiger partial charge in [0, 0.05) is 6.54 Å². The molecule has 1 aliphatic heterocycles. The summed E-state index contributed by atoms with van der Waals surface area (Å²) in [5.74, 6) is 0. The minimum atomic E-state index is -4.66. The Labute approximate surface area is 77.4 Å². The maximum atomic E-state index is 12.8. The van der Waals surface area contributed by atoms with Crippen LogP contribution in [0.4, 0.5) is 22.0 Å². The third-order valence-corrected chi connectivity index (χ3v) is 1.89. The fourth-order valence-electron chi connectivity index (χ4n) is 1.07. The summed E-state index contributed by atoms with van der Waals surface area (Å²) >= 11 is 0. The lowest BCUT2D eigenvalue weighted by atomic mass is 10.3. The molecule has 1 aliphatic rings. The van der Waals surface area contributed by atoms with Crippen LogP contribution in [0.1, 0.15) is 19.8 Å². The fraction of sp³-hybridized carbons (Fsp3) is 0.857. The molecule has 1 rings (SSSR count). The number of alkyl halides is 4. The Bertz CT molecular complexity index is 250. The number of hydrogen-bond acceptors (Lipinski definition) is 2. The second-order valence-corrected chi connectivity index (χ2v) is 2.97. The molecule has 82 valence electrons.